The van der Waals surface area contributed by atoms with Crippen LogP contribution >= 0.6 is 23.2 Å². The summed E-state index contributed by atoms with van der Waals surface area (Å²) in [6, 6.07) is 2.68. The number of benzene rings is 1. The summed E-state index contributed by atoms with van der Waals surface area (Å²) < 4.78 is 10.4. The number of esters is 2. The number of rotatable bonds is 6. The van der Waals surface area contributed by atoms with Crippen LogP contribution in [0.1, 0.15) is 61.3 Å². The Morgan fingerprint density at radius 2 is 1.48 bits per heavy atom. The maximum Gasteiger partial charge on any atom is 0.339 e. The molecule has 0 aromatic heterocycles. The fourth-order valence-corrected chi connectivity index (χ4v) is 1.96. The smallest absolute Gasteiger partial charge is 0.339 e. The van der Waals surface area contributed by atoms with Crippen LogP contribution in [0, 0.1) is 5.41 Å². The molecule has 1 rings (SSSR count). The van der Waals surface area contributed by atoms with Gasteiger partial charge in [0.2, 0.25) is 0 Å². The summed E-state index contributed by atoms with van der Waals surface area (Å²) in [5.74, 6) is -1.24. The van der Waals surface area contributed by atoms with Crippen LogP contribution in [0.2, 0.25) is 10.0 Å². The number of hydrogen-bond donors (Lipinski definition) is 0. The van der Waals surface area contributed by atoms with Crippen molar-refractivity contribution in [3.05, 3.63) is 33.3 Å². The molecule has 0 N–H and O–H groups in total. The second-order valence-electron chi connectivity index (χ2n) is 6.44. The molecular weight excluding hydrogens is 339 g/mol. The van der Waals surface area contributed by atoms with Crippen LogP contribution in [-0.2, 0) is 9.47 Å². The molecular formula is C17H22Cl2O4. The zero-order valence-corrected chi connectivity index (χ0v) is 15.4. The lowest BCUT2D eigenvalue weighted by atomic mass is 9.98. The highest BCUT2D eigenvalue weighted by atomic mass is 35.5. The molecule has 0 aliphatic heterocycles. The molecule has 0 saturated carbocycles. The maximum absolute atomic E-state index is 12.3. The third-order valence-corrected chi connectivity index (χ3v) is 3.59. The maximum atomic E-state index is 12.3. The predicted molar refractivity (Wildman–Crippen MR) is 91.4 cm³/mol. The molecule has 0 amide bonds. The summed E-state index contributed by atoms with van der Waals surface area (Å²) in [4.78, 5) is 24.5. The Kier molecular flexibility index (Phi) is 7.36. The van der Waals surface area contributed by atoms with Crippen LogP contribution in [0.15, 0.2) is 12.1 Å². The minimum absolute atomic E-state index is 0.0603. The van der Waals surface area contributed by atoms with Crippen molar-refractivity contribution < 1.29 is 19.1 Å². The molecule has 1 aromatic rings. The topological polar surface area (TPSA) is 52.6 Å². The minimum atomic E-state index is -0.624. The quantitative estimate of drug-likeness (QED) is 0.519. The molecule has 0 aliphatic carbocycles. The predicted octanol–water partition coefficient (Wildman–Crippen LogP) is 5.15. The number of carbonyl (C=O) groups excluding carboxylic acids is 2. The van der Waals surface area contributed by atoms with Gasteiger partial charge in [-0.05, 0) is 24.0 Å². The molecule has 0 radical (unpaired) electrons. The average Bonchev–Trinajstić information content (AvgIpc) is 2.46. The van der Waals surface area contributed by atoms with Crippen LogP contribution in [-0.4, -0.2) is 25.2 Å². The number of ether oxygens (including phenoxy) is 2. The highest BCUT2D eigenvalue weighted by Crippen LogP contribution is 2.27. The lowest BCUT2D eigenvalue weighted by molar-refractivity contribution is 0.0353. The van der Waals surface area contributed by atoms with E-state index in [1.165, 1.54) is 12.1 Å². The third-order valence-electron chi connectivity index (χ3n) is 2.87. The first-order valence-corrected chi connectivity index (χ1v) is 8.24. The van der Waals surface area contributed by atoms with Crippen molar-refractivity contribution in [2.45, 2.75) is 40.5 Å². The number of unbranched alkanes of at least 4 members (excludes halogenated alkanes) is 1. The Bertz CT molecular complexity index is 577. The molecule has 6 heteroatoms. The van der Waals surface area contributed by atoms with Crippen molar-refractivity contribution in [3.8, 4) is 0 Å². The fourth-order valence-electron chi connectivity index (χ4n) is 1.63. The van der Waals surface area contributed by atoms with E-state index in [0.717, 1.165) is 12.8 Å². The van der Waals surface area contributed by atoms with Crippen molar-refractivity contribution in [2.75, 3.05) is 13.2 Å². The van der Waals surface area contributed by atoms with E-state index >= 15 is 0 Å². The second kappa shape index (κ2) is 8.55. The molecule has 0 saturated heterocycles. The second-order valence-corrected chi connectivity index (χ2v) is 7.25. The summed E-state index contributed by atoms with van der Waals surface area (Å²) in [5, 5.41) is 0.362. The first kappa shape index (κ1) is 19.8. The van der Waals surface area contributed by atoms with E-state index in [9.17, 15) is 9.59 Å². The zero-order valence-electron chi connectivity index (χ0n) is 13.9. The van der Waals surface area contributed by atoms with Crippen LogP contribution < -0.4 is 0 Å². The van der Waals surface area contributed by atoms with Gasteiger partial charge in [0.1, 0.15) is 0 Å². The van der Waals surface area contributed by atoms with Gasteiger partial charge in [0.25, 0.3) is 0 Å². The van der Waals surface area contributed by atoms with E-state index in [1.54, 1.807) is 0 Å². The van der Waals surface area contributed by atoms with E-state index in [2.05, 4.69) is 0 Å². The van der Waals surface area contributed by atoms with E-state index in [-0.39, 0.29) is 39.8 Å². The molecule has 23 heavy (non-hydrogen) atoms. The van der Waals surface area contributed by atoms with E-state index in [1.807, 2.05) is 27.7 Å². The van der Waals surface area contributed by atoms with Crippen molar-refractivity contribution in [1.82, 2.24) is 0 Å². The molecule has 0 atom stereocenters. The van der Waals surface area contributed by atoms with Crippen molar-refractivity contribution in [1.29, 1.82) is 0 Å². The summed E-state index contributed by atoms with van der Waals surface area (Å²) >= 11 is 11.9. The highest BCUT2D eigenvalue weighted by molar-refractivity contribution is 6.42. The van der Waals surface area contributed by atoms with Crippen molar-refractivity contribution in [2.24, 2.45) is 5.41 Å². The Hall–Kier alpha value is -1.26. The first-order valence-electron chi connectivity index (χ1n) is 7.49. The van der Waals surface area contributed by atoms with E-state index in [0.29, 0.717) is 0 Å². The summed E-state index contributed by atoms with van der Waals surface area (Å²) in [7, 11) is 0. The first-order chi connectivity index (χ1) is 10.7. The van der Waals surface area contributed by atoms with Gasteiger partial charge >= 0.3 is 11.9 Å². The average molecular weight is 361 g/mol. The van der Waals surface area contributed by atoms with E-state index in [4.69, 9.17) is 32.7 Å². The molecule has 0 unspecified atom stereocenters. The van der Waals surface area contributed by atoms with Gasteiger partial charge < -0.3 is 9.47 Å². The number of halogens is 2. The molecule has 1 aromatic carbocycles. The number of carbonyl (C=O) groups is 2. The molecule has 0 heterocycles. The lowest BCUT2D eigenvalue weighted by Crippen LogP contribution is -2.20. The molecule has 0 bridgehead atoms. The normalized spacial score (nSPS) is 11.2. The summed E-state index contributed by atoms with van der Waals surface area (Å²) in [6.07, 6.45) is 1.64. The Morgan fingerprint density at radius 1 is 1.00 bits per heavy atom. The standard InChI is InChI=1S/C17H22Cl2O4/c1-5-6-7-22-15(20)11-8-13(18)14(19)9-12(11)16(21)23-10-17(2,3)4/h8-9H,5-7,10H2,1-4H3. The molecule has 0 aliphatic rings. The summed E-state index contributed by atoms with van der Waals surface area (Å²) in [5.41, 5.74) is -0.0622. The Balaban J connectivity index is 3.02. The van der Waals surface area contributed by atoms with Gasteiger partial charge in [-0.1, -0.05) is 57.3 Å². The third kappa shape index (κ3) is 6.40. The molecule has 0 spiro atoms. The summed E-state index contributed by atoms with van der Waals surface area (Å²) in [6.45, 7) is 8.31. The van der Waals surface area contributed by atoms with Gasteiger partial charge in [0, 0.05) is 0 Å². The van der Waals surface area contributed by atoms with Crippen LogP contribution in [0.4, 0.5) is 0 Å². The Morgan fingerprint density at radius 3 is 1.91 bits per heavy atom. The van der Waals surface area contributed by atoms with E-state index < -0.39 is 11.9 Å². The fraction of sp³-hybridized carbons (Fsp3) is 0.529. The number of hydrogen-bond acceptors (Lipinski definition) is 4. The van der Waals surface area contributed by atoms with Crippen molar-refractivity contribution >= 4 is 35.1 Å². The SMILES string of the molecule is CCCCOC(=O)c1cc(Cl)c(Cl)cc1C(=O)OCC(C)(C)C. The minimum Gasteiger partial charge on any atom is -0.462 e. The largest absolute Gasteiger partial charge is 0.462 e. The monoisotopic (exact) mass is 360 g/mol. The Labute approximate surface area is 147 Å². The van der Waals surface area contributed by atoms with Gasteiger partial charge in [0.05, 0.1) is 34.4 Å². The molecule has 128 valence electrons. The van der Waals surface area contributed by atoms with Crippen molar-refractivity contribution in [3.63, 3.8) is 0 Å². The zero-order chi connectivity index (χ0) is 17.6. The lowest BCUT2D eigenvalue weighted by Gasteiger charge is -2.18. The van der Waals surface area contributed by atoms with Crippen LogP contribution in [0.25, 0.3) is 0 Å². The van der Waals surface area contributed by atoms with Gasteiger partial charge in [0.15, 0.2) is 0 Å². The highest BCUT2D eigenvalue weighted by Gasteiger charge is 2.23. The van der Waals surface area contributed by atoms with Gasteiger partial charge in [-0.25, -0.2) is 9.59 Å². The van der Waals surface area contributed by atoms with Crippen LogP contribution in [0.5, 0.6) is 0 Å². The van der Waals surface area contributed by atoms with Gasteiger partial charge in [-0.3, -0.25) is 0 Å². The van der Waals surface area contributed by atoms with Crippen LogP contribution in [0.3, 0.4) is 0 Å². The molecule has 0 fully saturated rings. The molecule has 4 nitrogen and oxygen atoms in total. The van der Waals surface area contributed by atoms with Gasteiger partial charge in [-0.2, -0.15) is 0 Å². The van der Waals surface area contributed by atoms with Gasteiger partial charge in [-0.15, -0.1) is 0 Å².